The maximum atomic E-state index is 11.2. The summed E-state index contributed by atoms with van der Waals surface area (Å²) < 4.78 is 0. The molecule has 1 amide bonds. The van der Waals surface area contributed by atoms with E-state index in [0.29, 0.717) is 0 Å². The van der Waals surface area contributed by atoms with Crippen molar-refractivity contribution in [3.8, 4) is 0 Å². The van der Waals surface area contributed by atoms with Crippen LogP contribution in [0.2, 0.25) is 0 Å². The Labute approximate surface area is 75.3 Å². The van der Waals surface area contributed by atoms with Crippen molar-refractivity contribution in [2.24, 2.45) is 5.92 Å². The fraction of sp³-hybridized carbons (Fsp3) is 0.700. The van der Waals surface area contributed by atoms with Gasteiger partial charge in [0.1, 0.15) is 0 Å². The molecule has 1 unspecified atom stereocenters. The number of carbonyl (C=O) groups is 1. The van der Waals surface area contributed by atoms with Gasteiger partial charge >= 0.3 is 0 Å². The van der Waals surface area contributed by atoms with Gasteiger partial charge < -0.3 is 4.90 Å². The molecule has 0 fully saturated rings. The molecule has 1 atom stereocenters. The van der Waals surface area contributed by atoms with Crippen LogP contribution in [0, 0.1) is 5.92 Å². The first kappa shape index (κ1) is 11.2. The Bertz CT molecular complexity index is 163. The van der Waals surface area contributed by atoms with E-state index < -0.39 is 0 Å². The lowest BCUT2D eigenvalue weighted by atomic mass is 10.1. The predicted octanol–water partition coefficient (Wildman–Crippen LogP) is 2.07. The van der Waals surface area contributed by atoms with E-state index in [0.717, 1.165) is 13.0 Å². The second-order valence-electron chi connectivity index (χ2n) is 2.77. The highest BCUT2D eigenvalue weighted by molar-refractivity contribution is 5.80. The molecule has 0 aromatic rings. The molecular formula is C10H19NO. The second-order valence-corrected chi connectivity index (χ2v) is 2.77. The van der Waals surface area contributed by atoms with Gasteiger partial charge in [-0.25, -0.2) is 0 Å². The Balaban J connectivity index is 0.000000561. The van der Waals surface area contributed by atoms with Gasteiger partial charge in [-0.05, 0) is 6.42 Å². The smallest absolute Gasteiger partial charge is 0.228 e. The minimum absolute atomic E-state index is 0.0764. The van der Waals surface area contributed by atoms with E-state index >= 15 is 0 Å². The van der Waals surface area contributed by atoms with Gasteiger partial charge in [0.15, 0.2) is 0 Å². The first-order chi connectivity index (χ1) is 5.72. The summed E-state index contributed by atoms with van der Waals surface area (Å²) in [6, 6.07) is 0. The molecule has 2 heteroatoms. The fourth-order valence-corrected chi connectivity index (χ4v) is 1.11. The second kappa shape index (κ2) is 5.81. The summed E-state index contributed by atoms with van der Waals surface area (Å²) in [4.78, 5) is 13.0. The van der Waals surface area contributed by atoms with Crippen LogP contribution >= 0.6 is 0 Å². The Morgan fingerprint density at radius 1 is 1.50 bits per heavy atom. The molecule has 0 aromatic heterocycles. The molecule has 1 aliphatic heterocycles. The summed E-state index contributed by atoms with van der Waals surface area (Å²) in [6.45, 7) is 6.79. The number of nitrogens with zero attached hydrogens (tertiary/aromatic N) is 1. The molecule has 0 N–H and O–H groups in total. The van der Waals surface area contributed by atoms with Crippen molar-refractivity contribution in [3.05, 3.63) is 12.2 Å². The lowest BCUT2D eigenvalue weighted by Crippen LogP contribution is -2.29. The zero-order chi connectivity index (χ0) is 9.56. The van der Waals surface area contributed by atoms with Gasteiger partial charge in [-0.1, -0.05) is 32.9 Å². The highest BCUT2D eigenvalue weighted by atomic mass is 16.2. The van der Waals surface area contributed by atoms with Crippen molar-refractivity contribution in [2.75, 3.05) is 13.6 Å². The third-order valence-corrected chi connectivity index (χ3v) is 1.82. The van der Waals surface area contributed by atoms with Gasteiger partial charge in [0.2, 0.25) is 5.91 Å². The van der Waals surface area contributed by atoms with Gasteiger partial charge in [0, 0.05) is 13.6 Å². The van der Waals surface area contributed by atoms with E-state index in [4.69, 9.17) is 0 Å². The van der Waals surface area contributed by atoms with E-state index in [2.05, 4.69) is 6.08 Å². The third kappa shape index (κ3) is 3.07. The summed E-state index contributed by atoms with van der Waals surface area (Å²) in [5.74, 6) is 0.307. The average molecular weight is 169 g/mol. The van der Waals surface area contributed by atoms with Crippen LogP contribution in [0.3, 0.4) is 0 Å². The maximum Gasteiger partial charge on any atom is 0.228 e. The van der Waals surface area contributed by atoms with Crippen molar-refractivity contribution in [2.45, 2.75) is 27.2 Å². The summed E-state index contributed by atoms with van der Waals surface area (Å²) in [5, 5.41) is 0. The first-order valence-electron chi connectivity index (χ1n) is 4.63. The van der Waals surface area contributed by atoms with Crippen molar-refractivity contribution in [1.29, 1.82) is 0 Å². The Kier molecular flexibility index (Phi) is 5.43. The molecule has 0 saturated carbocycles. The number of amides is 1. The van der Waals surface area contributed by atoms with Crippen molar-refractivity contribution in [1.82, 2.24) is 4.90 Å². The molecule has 2 nitrogen and oxygen atoms in total. The zero-order valence-corrected chi connectivity index (χ0v) is 8.50. The Morgan fingerprint density at radius 3 is 2.67 bits per heavy atom. The molecule has 70 valence electrons. The van der Waals surface area contributed by atoms with Crippen LogP contribution in [0.4, 0.5) is 0 Å². The largest absolute Gasteiger partial charge is 0.345 e. The molecule has 1 aliphatic rings. The van der Waals surface area contributed by atoms with Crippen LogP contribution in [0.15, 0.2) is 12.2 Å². The van der Waals surface area contributed by atoms with Gasteiger partial charge in [0.25, 0.3) is 0 Å². The molecule has 1 heterocycles. The van der Waals surface area contributed by atoms with E-state index in [1.54, 1.807) is 4.90 Å². The normalized spacial score (nSPS) is 22.8. The van der Waals surface area contributed by atoms with Crippen LogP contribution < -0.4 is 0 Å². The minimum atomic E-state index is 0.0764. The number of hydrogen-bond donors (Lipinski definition) is 0. The van der Waals surface area contributed by atoms with Crippen molar-refractivity contribution < 1.29 is 4.79 Å². The highest BCUT2D eigenvalue weighted by Gasteiger charge is 2.15. The van der Waals surface area contributed by atoms with Crippen LogP contribution in [0.25, 0.3) is 0 Å². The average Bonchev–Trinajstić information content (AvgIpc) is 2.24. The van der Waals surface area contributed by atoms with Crippen LogP contribution in [-0.4, -0.2) is 24.4 Å². The first-order valence-corrected chi connectivity index (χ1v) is 4.63. The van der Waals surface area contributed by atoms with Gasteiger partial charge in [0.05, 0.1) is 5.92 Å². The summed E-state index contributed by atoms with van der Waals surface area (Å²) in [7, 11) is 1.85. The number of hydrogen-bond acceptors (Lipinski definition) is 1. The SMILES string of the molecule is CC.CC1C=CCCN(C)C1=O. The van der Waals surface area contributed by atoms with Crippen molar-refractivity contribution >= 4 is 5.91 Å². The van der Waals surface area contributed by atoms with E-state index in [1.807, 2.05) is 33.9 Å². The molecule has 0 spiro atoms. The molecule has 0 aliphatic carbocycles. The van der Waals surface area contributed by atoms with Crippen LogP contribution in [0.5, 0.6) is 0 Å². The molecule has 0 bridgehead atoms. The number of rotatable bonds is 0. The zero-order valence-electron chi connectivity index (χ0n) is 8.50. The lowest BCUT2D eigenvalue weighted by Gasteiger charge is -2.15. The van der Waals surface area contributed by atoms with E-state index in [1.165, 1.54) is 0 Å². The third-order valence-electron chi connectivity index (χ3n) is 1.82. The molecule has 1 rings (SSSR count). The van der Waals surface area contributed by atoms with Crippen molar-refractivity contribution in [3.63, 3.8) is 0 Å². The van der Waals surface area contributed by atoms with Gasteiger partial charge in [-0.3, -0.25) is 4.79 Å². The fourth-order valence-electron chi connectivity index (χ4n) is 1.11. The molecular weight excluding hydrogens is 150 g/mol. The monoisotopic (exact) mass is 169 g/mol. The van der Waals surface area contributed by atoms with E-state index in [-0.39, 0.29) is 11.8 Å². The van der Waals surface area contributed by atoms with E-state index in [9.17, 15) is 4.79 Å². The highest BCUT2D eigenvalue weighted by Crippen LogP contribution is 2.07. The quantitative estimate of drug-likeness (QED) is 0.508. The summed E-state index contributed by atoms with van der Waals surface area (Å²) in [5.41, 5.74) is 0. The maximum absolute atomic E-state index is 11.2. The molecule has 0 saturated heterocycles. The summed E-state index contributed by atoms with van der Waals surface area (Å²) in [6.07, 6.45) is 5.05. The standard InChI is InChI=1S/C8H13NO.C2H6/c1-7-5-3-4-6-9(2)8(7)10;1-2/h3,5,7H,4,6H2,1-2H3;1-2H3. The van der Waals surface area contributed by atoms with Crippen LogP contribution in [0.1, 0.15) is 27.2 Å². The Morgan fingerprint density at radius 2 is 2.08 bits per heavy atom. The van der Waals surface area contributed by atoms with Gasteiger partial charge in [-0.15, -0.1) is 0 Å². The number of carbonyl (C=O) groups excluding carboxylic acids is 1. The lowest BCUT2D eigenvalue weighted by molar-refractivity contribution is -0.131. The topological polar surface area (TPSA) is 20.3 Å². The van der Waals surface area contributed by atoms with Crippen LogP contribution in [-0.2, 0) is 4.79 Å². The minimum Gasteiger partial charge on any atom is -0.345 e. The molecule has 0 radical (unpaired) electrons. The molecule has 0 aromatic carbocycles. The summed E-state index contributed by atoms with van der Waals surface area (Å²) >= 11 is 0. The Hall–Kier alpha value is -0.790. The van der Waals surface area contributed by atoms with Gasteiger partial charge in [-0.2, -0.15) is 0 Å². The predicted molar refractivity (Wildman–Crippen MR) is 51.9 cm³/mol. The molecule has 12 heavy (non-hydrogen) atoms.